The highest BCUT2D eigenvalue weighted by Crippen LogP contribution is 2.27. The van der Waals surface area contributed by atoms with Crippen molar-refractivity contribution in [2.24, 2.45) is 0 Å². The Morgan fingerprint density at radius 3 is 2.26 bits per heavy atom. The molecule has 3 aromatic carbocycles. The van der Waals surface area contributed by atoms with Gasteiger partial charge in [-0.2, -0.15) is 4.98 Å². The Morgan fingerprint density at radius 2 is 1.65 bits per heavy atom. The van der Waals surface area contributed by atoms with Gasteiger partial charge in [0.1, 0.15) is 0 Å². The molecule has 4 aromatic rings. The number of hydrogen-bond donors (Lipinski definition) is 1. The Morgan fingerprint density at radius 1 is 0.971 bits per heavy atom. The summed E-state index contributed by atoms with van der Waals surface area (Å²) >= 11 is 0. The minimum Gasteiger partial charge on any atom is -0.463 e. The van der Waals surface area contributed by atoms with Crippen molar-refractivity contribution in [3.63, 3.8) is 0 Å². The van der Waals surface area contributed by atoms with Gasteiger partial charge in [0, 0.05) is 16.8 Å². The van der Waals surface area contributed by atoms with Crippen LogP contribution < -0.4 is 10.1 Å². The van der Waals surface area contributed by atoms with Gasteiger partial charge in [-0.15, -0.1) is 5.10 Å². The number of carbonyl (C=O) groups is 1. The smallest absolute Gasteiger partial charge is 0.336 e. The summed E-state index contributed by atoms with van der Waals surface area (Å²) in [5, 5.41) is 7.52. The third kappa shape index (κ3) is 5.01. The lowest BCUT2D eigenvalue weighted by atomic mass is 9.87. The normalized spacial score (nSPS) is 11.3. The van der Waals surface area contributed by atoms with Gasteiger partial charge in [0.2, 0.25) is 0 Å². The largest absolute Gasteiger partial charge is 0.463 e. The van der Waals surface area contributed by atoms with E-state index in [1.165, 1.54) is 5.56 Å². The molecule has 4 rings (SSSR count). The van der Waals surface area contributed by atoms with Gasteiger partial charge in [0.25, 0.3) is 5.91 Å². The van der Waals surface area contributed by atoms with Crippen molar-refractivity contribution < 1.29 is 9.53 Å². The van der Waals surface area contributed by atoms with Crippen molar-refractivity contribution in [1.29, 1.82) is 0 Å². The SMILES string of the molecule is CCOc1nc(-c2ccccc2C)n(-c2ccc(NC(=O)c3ccc(C(C)(C)C)cc3)cc2)n1. The van der Waals surface area contributed by atoms with Crippen molar-refractivity contribution >= 4 is 11.6 Å². The average Bonchev–Trinajstić information content (AvgIpc) is 3.23. The van der Waals surface area contributed by atoms with Gasteiger partial charge >= 0.3 is 6.01 Å². The maximum atomic E-state index is 12.7. The summed E-state index contributed by atoms with van der Waals surface area (Å²) in [5.41, 5.74) is 5.47. The summed E-state index contributed by atoms with van der Waals surface area (Å²) in [6.45, 7) is 10.9. The summed E-state index contributed by atoms with van der Waals surface area (Å²) in [7, 11) is 0. The molecule has 0 fully saturated rings. The molecule has 0 atom stereocenters. The van der Waals surface area contributed by atoms with Crippen LogP contribution in [0.3, 0.4) is 0 Å². The number of ether oxygens (including phenoxy) is 1. The molecular formula is C28H30N4O2. The van der Waals surface area contributed by atoms with Gasteiger partial charge in [-0.3, -0.25) is 4.79 Å². The molecular weight excluding hydrogens is 424 g/mol. The van der Waals surface area contributed by atoms with Gasteiger partial charge in [-0.1, -0.05) is 57.2 Å². The fourth-order valence-electron chi connectivity index (χ4n) is 3.67. The van der Waals surface area contributed by atoms with Gasteiger partial charge in [-0.25, -0.2) is 4.68 Å². The van der Waals surface area contributed by atoms with Crippen molar-refractivity contribution in [2.75, 3.05) is 11.9 Å². The van der Waals surface area contributed by atoms with Crippen LogP contribution in [0, 0.1) is 6.92 Å². The molecule has 6 heteroatoms. The van der Waals surface area contributed by atoms with Crippen molar-refractivity contribution in [2.45, 2.75) is 40.0 Å². The van der Waals surface area contributed by atoms with E-state index in [0.29, 0.717) is 29.7 Å². The first kappa shape index (κ1) is 23.2. The van der Waals surface area contributed by atoms with E-state index in [9.17, 15) is 4.79 Å². The molecule has 0 saturated heterocycles. The monoisotopic (exact) mass is 454 g/mol. The Balaban J connectivity index is 1.57. The second kappa shape index (κ2) is 9.51. The molecule has 1 aromatic heterocycles. The number of nitrogens with zero attached hydrogens (tertiary/aromatic N) is 3. The van der Waals surface area contributed by atoms with Crippen LogP contribution in [0.2, 0.25) is 0 Å². The Hall–Kier alpha value is -3.93. The van der Waals surface area contributed by atoms with Crippen LogP contribution in [0.1, 0.15) is 49.2 Å². The number of aryl methyl sites for hydroxylation is 1. The molecule has 1 amide bonds. The number of carbonyl (C=O) groups excluding carboxylic acids is 1. The predicted molar refractivity (Wildman–Crippen MR) is 136 cm³/mol. The summed E-state index contributed by atoms with van der Waals surface area (Å²) in [6, 6.07) is 23.6. The number of amides is 1. The molecule has 0 aliphatic carbocycles. The molecule has 1 heterocycles. The summed E-state index contributed by atoms with van der Waals surface area (Å²) in [6.07, 6.45) is 0. The maximum Gasteiger partial charge on any atom is 0.336 e. The van der Waals surface area contributed by atoms with E-state index in [-0.39, 0.29) is 11.3 Å². The number of anilines is 1. The highest BCUT2D eigenvalue weighted by Gasteiger charge is 2.17. The molecule has 1 N–H and O–H groups in total. The van der Waals surface area contributed by atoms with Gasteiger partial charge in [-0.05, 0) is 66.8 Å². The van der Waals surface area contributed by atoms with Gasteiger partial charge < -0.3 is 10.1 Å². The van der Waals surface area contributed by atoms with E-state index in [4.69, 9.17) is 4.74 Å². The Kier molecular flexibility index (Phi) is 6.50. The number of hydrogen-bond acceptors (Lipinski definition) is 4. The molecule has 0 saturated carbocycles. The first-order valence-electron chi connectivity index (χ1n) is 11.4. The Labute approximate surface area is 200 Å². The molecule has 0 bridgehead atoms. The third-order valence-corrected chi connectivity index (χ3v) is 5.63. The zero-order chi connectivity index (χ0) is 24.3. The maximum absolute atomic E-state index is 12.7. The molecule has 0 aliphatic heterocycles. The average molecular weight is 455 g/mol. The molecule has 6 nitrogen and oxygen atoms in total. The zero-order valence-electron chi connectivity index (χ0n) is 20.3. The summed E-state index contributed by atoms with van der Waals surface area (Å²) < 4.78 is 7.33. The van der Waals surface area contributed by atoms with Crippen molar-refractivity contribution in [1.82, 2.24) is 14.8 Å². The van der Waals surface area contributed by atoms with Crippen LogP contribution in [-0.2, 0) is 5.41 Å². The van der Waals surface area contributed by atoms with Crippen LogP contribution in [0.4, 0.5) is 5.69 Å². The fourth-order valence-corrected chi connectivity index (χ4v) is 3.67. The lowest BCUT2D eigenvalue weighted by Crippen LogP contribution is -2.14. The number of rotatable bonds is 6. The highest BCUT2D eigenvalue weighted by atomic mass is 16.5. The van der Waals surface area contributed by atoms with E-state index >= 15 is 0 Å². The van der Waals surface area contributed by atoms with E-state index in [0.717, 1.165) is 16.8 Å². The van der Waals surface area contributed by atoms with Crippen molar-refractivity contribution in [3.8, 4) is 23.1 Å². The summed E-state index contributed by atoms with van der Waals surface area (Å²) in [5.74, 6) is 0.561. The van der Waals surface area contributed by atoms with Gasteiger partial charge in [0.15, 0.2) is 5.82 Å². The lowest BCUT2D eigenvalue weighted by Gasteiger charge is -2.19. The fraction of sp³-hybridized carbons (Fsp3) is 0.250. The summed E-state index contributed by atoms with van der Waals surface area (Å²) in [4.78, 5) is 17.3. The first-order chi connectivity index (χ1) is 16.3. The molecule has 34 heavy (non-hydrogen) atoms. The van der Waals surface area contributed by atoms with Crippen LogP contribution in [0.15, 0.2) is 72.8 Å². The minimum absolute atomic E-state index is 0.0470. The van der Waals surface area contributed by atoms with E-state index in [2.05, 4.69) is 36.2 Å². The van der Waals surface area contributed by atoms with E-state index in [1.54, 1.807) is 4.68 Å². The highest BCUT2D eigenvalue weighted by molar-refractivity contribution is 6.04. The van der Waals surface area contributed by atoms with Crippen LogP contribution in [0.5, 0.6) is 6.01 Å². The minimum atomic E-state index is -0.145. The van der Waals surface area contributed by atoms with E-state index < -0.39 is 0 Å². The molecule has 174 valence electrons. The predicted octanol–water partition coefficient (Wildman–Crippen LogP) is 6.19. The quantitative estimate of drug-likeness (QED) is 0.377. The molecule has 0 aliphatic rings. The molecule has 0 spiro atoms. The standard InChI is InChI=1S/C28H30N4O2/c1-6-34-27-30-25(24-10-8-7-9-19(24)2)32(31-27)23-17-15-22(16-18-23)29-26(33)20-11-13-21(14-12-20)28(3,4)5/h7-18H,6H2,1-5H3,(H,29,33). The molecule has 0 radical (unpaired) electrons. The molecule has 0 unspecified atom stereocenters. The Bertz CT molecular complexity index is 1280. The second-order valence-electron chi connectivity index (χ2n) is 9.21. The first-order valence-corrected chi connectivity index (χ1v) is 11.4. The van der Waals surface area contributed by atoms with Crippen molar-refractivity contribution in [3.05, 3.63) is 89.5 Å². The second-order valence-corrected chi connectivity index (χ2v) is 9.21. The number of aromatic nitrogens is 3. The van der Waals surface area contributed by atoms with Crippen LogP contribution in [-0.4, -0.2) is 27.3 Å². The zero-order valence-corrected chi connectivity index (χ0v) is 20.3. The number of nitrogens with one attached hydrogen (secondary N) is 1. The van der Waals surface area contributed by atoms with Crippen LogP contribution in [0.25, 0.3) is 17.1 Å². The van der Waals surface area contributed by atoms with Crippen LogP contribution >= 0.6 is 0 Å². The van der Waals surface area contributed by atoms with E-state index in [1.807, 2.05) is 86.6 Å². The topological polar surface area (TPSA) is 69.0 Å². The lowest BCUT2D eigenvalue weighted by molar-refractivity contribution is 0.102. The van der Waals surface area contributed by atoms with Gasteiger partial charge in [0.05, 0.1) is 12.3 Å². The number of benzene rings is 3. The third-order valence-electron chi connectivity index (χ3n) is 5.63.